The topological polar surface area (TPSA) is 301 Å². The van der Waals surface area contributed by atoms with Gasteiger partial charge in [-0.15, -0.1) is 0 Å². The summed E-state index contributed by atoms with van der Waals surface area (Å²) in [6.07, 6.45) is 1.22. The standard InChI is InChI=1S/C30H51N9O10/c1-7-8-10-19(28(47)35-16(4)25(44)33-15(3)23(32)42)37-26(45)18(6)36-29(48)21-11-9-12-39(21)30(49)20(13-22(40)41)38-27(46)17(5)34-24(43)14(2)31/h14-21H,7-13,31H2,1-6H3,(H2,32,42)(H,33,44)(H,34,43)(H,35,47)(H,36,48)(H,37,45)(H,38,46)(H,40,41)/t14-,15-,16-,17-,18-,19-,20-,21-/m0/s1. The van der Waals surface area contributed by atoms with Crippen LogP contribution in [0.5, 0.6) is 0 Å². The number of hydrogen-bond donors (Lipinski definition) is 9. The molecule has 0 radical (unpaired) electrons. The van der Waals surface area contributed by atoms with Gasteiger partial charge in [-0.3, -0.25) is 43.2 Å². The molecule has 0 saturated carbocycles. The van der Waals surface area contributed by atoms with E-state index in [1.54, 1.807) is 0 Å². The second-order valence-corrected chi connectivity index (χ2v) is 12.2. The average molecular weight is 698 g/mol. The van der Waals surface area contributed by atoms with Gasteiger partial charge in [-0.2, -0.15) is 0 Å². The molecule has 19 heteroatoms. The van der Waals surface area contributed by atoms with Crippen LogP contribution in [0.15, 0.2) is 0 Å². The quantitative estimate of drug-likeness (QED) is 0.0637. The molecule has 0 unspecified atom stereocenters. The van der Waals surface area contributed by atoms with E-state index in [0.29, 0.717) is 19.3 Å². The molecule has 0 bridgehead atoms. The lowest BCUT2D eigenvalue weighted by Gasteiger charge is -2.29. The minimum atomic E-state index is -1.56. The molecule has 276 valence electrons. The van der Waals surface area contributed by atoms with E-state index in [1.165, 1.54) is 34.6 Å². The van der Waals surface area contributed by atoms with E-state index in [0.717, 1.165) is 4.90 Å². The molecule has 1 aliphatic rings. The molecule has 49 heavy (non-hydrogen) atoms. The Morgan fingerprint density at radius 2 is 1.20 bits per heavy atom. The number of primary amides is 1. The summed E-state index contributed by atoms with van der Waals surface area (Å²) in [5.41, 5.74) is 10.7. The van der Waals surface area contributed by atoms with Gasteiger partial charge in [0.2, 0.25) is 47.3 Å². The summed E-state index contributed by atoms with van der Waals surface area (Å²) in [5.74, 6) is -7.23. The molecule has 11 N–H and O–H groups in total. The lowest BCUT2D eigenvalue weighted by molar-refractivity contribution is -0.146. The number of rotatable bonds is 19. The van der Waals surface area contributed by atoms with Gasteiger partial charge in [0.15, 0.2) is 0 Å². The van der Waals surface area contributed by atoms with Crippen LogP contribution in [0.25, 0.3) is 0 Å². The molecule has 0 aliphatic carbocycles. The number of hydrogen-bond acceptors (Lipinski definition) is 10. The van der Waals surface area contributed by atoms with Crippen LogP contribution in [0.4, 0.5) is 0 Å². The van der Waals surface area contributed by atoms with Gasteiger partial charge in [0.1, 0.15) is 42.3 Å². The molecule has 1 rings (SSSR count). The summed E-state index contributed by atoms with van der Waals surface area (Å²) >= 11 is 0. The summed E-state index contributed by atoms with van der Waals surface area (Å²) in [5, 5.41) is 24.0. The van der Waals surface area contributed by atoms with Crippen LogP contribution in [-0.2, 0) is 43.2 Å². The lowest BCUT2D eigenvalue weighted by atomic mass is 10.1. The Morgan fingerprint density at radius 3 is 1.71 bits per heavy atom. The average Bonchev–Trinajstić information content (AvgIpc) is 3.51. The summed E-state index contributed by atoms with van der Waals surface area (Å²) in [7, 11) is 0. The first-order chi connectivity index (χ1) is 22.8. The number of nitrogens with two attached hydrogens (primary N) is 2. The highest BCUT2D eigenvalue weighted by Crippen LogP contribution is 2.20. The van der Waals surface area contributed by atoms with Gasteiger partial charge in [-0.05, 0) is 53.9 Å². The van der Waals surface area contributed by atoms with Crippen LogP contribution < -0.4 is 43.4 Å². The highest BCUT2D eigenvalue weighted by molar-refractivity contribution is 5.98. The fourth-order valence-corrected chi connectivity index (χ4v) is 4.72. The predicted octanol–water partition coefficient (Wildman–Crippen LogP) is -3.54. The van der Waals surface area contributed by atoms with Gasteiger partial charge >= 0.3 is 5.97 Å². The molecule has 0 aromatic heterocycles. The van der Waals surface area contributed by atoms with E-state index in [1.807, 2.05) is 6.92 Å². The van der Waals surface area contributed by atoms with Gasteiger partial charge < -0.3 is 53.4 Å². The van der Waals surface area contributed by atoms with E-state index in [2.05, 4.69) is 31.9 Å². The van der Waals surface area contributed by atoms with E-state index in [9.17, 15) is 48.3 Å². The van der Waals surface area contributed by atoms with E-state index in [-0.39, 0.29) is 19.4 Å². The Bertz CT molecular complexity index is 1260. The van der Waals surface area contributed by atoms with Gasteiger partial charge in [0.05, 0.1) is 12.5 Å². The van der Waals surface area contributed by atoms with Crippen LogP contribution in [0, 0.1) is 0 Å². The van der Waals surface area contributed by atoms with Gasteiger partial charge in [-0.1, -0.05) is 19.8 Å². The van der Waals surface area contributed by atoms with Crippen molar-refractivity contribution in [1.82, 2.24) is 36.8 Å². The third-order valence-electron chi connectivity index (χ3n) is 7.77. The van der Waals surface area contributed by atoms with E-state index >= 15 is 0 Å². The van der Waals surface area contributed by atoms with Crippen molar-refractivity contribution in [2.24, 2.45) is 11.5 Å². The van der Waals surface area contributed by atoms with Crippen LogP contribution >= 0.6 is 0 Å². The molecule has 1 saturated heterocycles. The first-order valence-corrected chi connectivity index (χ1v) is 16.2. The number of unbranched alkanes of at least 4 members (excludes halogenated alkanes) is 1. The molecule has 8 amide bonds. The zero-order valence-corrected chi connectivity index (χ0v) is 28.8. The Morgan fingerprint density at radius 1 is 0.714 bits per heavy atom. The Balaban J connectivity index is 2.95. The third kappa shape index (κ3) is 13.7. The fraction of sp³-hybridized carbons (Fsp3) is 0.700. The van der Waals surface area contributed by atoms with E-state index in [4.69, 9.17) is 11.5 Å². The number of aliphatic carboxylic acids is 1. The number of carbonyl (C=O) groups is 9. The number of carboxylic acids is 1. The van der Waals surface area contributed by atoms with Crippen LogP contribution in [0.1, 0.15) is 80.1 Å². The summed E-state index contributed by atoms with van der Waals surface area (Å²) in [4.78, 5) is 114. The second-order valence-electron chi connectivity index (χ2n) is 12.2. The minimum absolute atomic E-state index is 0.0731. The number of likely N-dealkylation sites (tertiary alicyclic amines) is 1. The summed E-state index contributed by atoms with van der Waals surface area (Å²) in [6, 6.07) is -8.99. The first-order valence-electron chi connectivity index (χ1n) is 16.2. The normalized spacial score (nSPS) is 18.3. The molecule has 8 atom stereocenters. The Labute approximate surface area is 284 Å². The largest absolute Gasteiger partial charge is 0.481 e. The molecule has 0 aromatic carbocycles. The maximum atomic E-state index is 13.4. The van der Waals surface area contributed by atoms with Crippen molar-refractivity contribution >= 4 is 53.2 Å². The molecule has 1 heterocycles. The molecule has 1 aliphatic heterocycles. The molecular formula is C30H51N9O10. The molecule has 19 nitrogen and oxygen atoms in total. The van der Waals surface area contributed by atoms with Crippen molar-refractivity contribution in [2.45, 2.75) is 128 Å². The number of nitrogens with one attached hydrogen (secondary N) is 6. The minimum Gasteiger partial charge on any atom is -0.481 e. The van der Waals surface area contributed by atoms with Gasteiger partial charge in [0.25, 0.3) is 0 Å². The monoisotopic (exact) mass is 697 g/mol. The SMILES string of the molecule is CCCC[C@H](NC(=O)[C@H](C)NC(=O)[C@@H]1CCCN1C(=O)[C@H](CC(=O)O)NC(=O)[C@H](C)NC(=O)[C@H](C)N)C(=O)N[C@@H](C)C(=O)N[C@@H](C)C(N)=O. The smallest absolute Gasteiger partial charge is 0.305 e. The highest BCUT2D eigenvalue weighted by atomic mass is 16.4. The van der Waals surface area contributed by atoms with Crippen molar-refractivity contribution in [2.75, 3.05) is 6.54 Å². The number of carboxylic acid groups (broad SMARTS) is 1. The molecular weight excluding hydrogens is 646 g/mol. The van der Waals surface area contributed by atoms with Crippen molar-refractivity contribution in [3.05, 3.63) is 0 Å². The number of carbonyl (C=O) groups excluding carboxylic acids is 8. The highest BCUT2D eigenvalue weighted by Gasteiger charge is 2.40. The summed E-state index contributed by atoms with van der Waals surface area (Å²) in [6.45, 7) is 8.84. The van der Waals surface area contributed by atoms with Crippen LogP contribution in [0.2, 0.25) is 0 Å². The Kier molecular flexibility index (Phi) is 17.1. The third-order valence-corrected chi connectivity index (χ3v) is 7.77. The summed E-state index contributed by atoms with van der Waals surface area (Å²) < 4.78 is 0. The zero-order valence-electron chi connectivity index (χ0n) is 28.8. The van der Waals surface area contributed by atoms with Crippen molar-refractivity contribution in [1.29, 1.82) is 0 Å². The van der Waals surface area contributed by atoms with Crippen molar-refractivity contribution < 1.29 is 48.3 Å². The first kappa shape index (κ1) is 42.2. The van der Waals surface area contributed by atoms with E-state index < -0.39 is 108 Å². The molecule has 0 spiro atoms. The van der Waals surface area contributed by atoms with Crippen molar-refractivity contribution in [3.63, 3.8) is 0 Å². The number of nitrogens with zero attached hydrogens (tertiary/aromatic N) is 1. The van der Waals surface area contributed by atoms with Crippen LogP contribution in [-0.4, -0.2) is 118 Å². The Hall–Kier alpha value is -4.81. The van der Waals surface area contributed by atoms with Crippen molar-refractivity contribution in [3.8, 4) is 0 Å². The molecule has 0 aromatic rings. The molecule has 1 fully saturated rings. The second kappa shape index (κ2) is 19.9. The zero-order chi connectivity index (χ0) is 37.6. The predicted molar refractivity (Wildman–Crippen MR) is 174 cm³/mol. The van der Waals surface area contributed by atoms with Crippen LogP contribution in [0.3, 0.4) is 0 Å². The van der Waals surface area contributed by atoms with Gasteiger partial charge in [0, 0.05) is 6.54 Å². The maximum Gasteiger partial charge on any atom is 0.305 e. The lowest BCUT2D eigenvalue weighted by Crippen LogP contribution is -2.59. The maximum absolute atomic E-state index is 13.4. The number of amides is 8. The van der Waals surface area contributed by atoms with Gasteiger partial charge in [-0.25, -0.2) is 0 Å². The fourth-order valence-electron chi connectivity index (χ4n) is 4.72.